The Morgan fingerprint density at radius 3 is 2.75 bits per heavy atom. The van der Waals surface area contributed by atoms with Crippen LogP contribution < -0.4 is 9.47 Å². The third kappa shape index (κ3) is 3.14. The minimum atomic E-state index is -0.954. The fraction of sp³-hybridized carbons (Fsp3) is 0.385. The number of hydrogen-bond donors (Lipinski definition) is 1. The van der Waals surface area contributed by atoms with Gasteiger partial charge < -0.3 is 19.5 Å². The van der Waals surface area contributed by atoms with E-state index in [0.717, 1.165) is 0 Å². The van der Waals surface area contributed by atoms with E-state index in [2.05, 4.69) is 0 Å². The molecule has 0 unspecified atom stereocenters. The number of hydrogen-bond acceptors (Lipinski definition) is 4. The molecule has 0 spiro atoms. The summed E-state index contributed by atoms with van der Waals surface area (Å²) in [7, 11) is 1.54. The third-order valence-electron chi connectivity index (χ3n) is 2.85. The highest BCUT2D eigenvalue weighted by Gasteiger charge is 2.21. The van der Waals surface area contributed by atoms with Crippen molar-refractivity contribution in [3.63, 3.8) is 0 Å². The summed E-state index contributed by atoms with van der Waals surface area (Å²) in [5, 5.41) is 8.92. The first kappa shape index (κ1) is 14.5. The predicted molar refractivity (Wildman–Crippen MR) is 71.7 cm³/mol. The second-order valence-corrected chi connectivity index (χ2v) is 4.76. The van der Waals surface area contributed by atoms with Gasteiger partial charge in [0.2, 0.25) is 0 Å². The zero-order valence-corrected chi connectivity index (χ0v) is 11.6. The smallest absolute Gasteiger partial charge is 0.305 e. The van der Waals surface area contributed by atoms with Crippen molar-refractivity contribution >= 4 is 23.5 Å². The molecule has 0 aromatic heterocycles. The van der Waals surface area contributed by atoms with E-state index in [1.165, 1.54) is 18.0 Å². The Morgan fingerprint density at radius 1 is 1.35 bits per heavy atom. The molecule has 2 rings (SSSR count). The van der Waals surface area contributed by atoms with E-state index >= 15 is 0 Å². The summed E-state index contributed by atoms with van der Waals surface area (Å²) in [5.41, 5.74) is 0.340. The third-order valence-corrected chi connectivity index (χ3v) is 3.13. The molecule has 0 aliphatic carbocycles. The normalized spacial score (nSPS) is 12.9. The predicted octanol–water partition coefficient (Wildman–Crippen LogP) is 1.66. The molecule has 7 heteroatoms. The summed E-state index contributed by atoms with van der Waals surface area (Å²) in [6.45, 7) is 0.939. The van der Waals surface area contributed by atoms with Gasteiger partial charge in [-0.15, -0.1) is 0 Å². The molecule has 0 atom stereocenters. The monoisotopic (exact) mass is 299 g/mol. The molecule has 1 N–H and O–H groups in total. The number of fused-ring (bicyclic) bond motifs is 1. The van der Waals surface area contributed by atoms with E-state index in [0.29, 0.717) is 35.3 Å². The Kier molecular flexibility index (Phi) is 4.34. The standard InChI is InChI=1S/C13H14ClNO5/c1-15(3-2-11(16)17)13(18)8-6-9(14)12-10(7-8)19-4-5-20-12/h6-7H,2-5H2,1H3,(H,16,17). The van der Waals surface area contributed by atoms with Crippen LogP contribution in [-0.2, 0) is 4.79 Å². The molecule has 0 saturated heterocycles. The van der Waals surface area contributed by atoms with Gasteiger partial charge in [0, 0.05) is 19.2 Å². The Hall–Kier alpha value is -1.95. The molecule has 1 amide bonds. The van der Waals surface area contributed by atoms with Crippen LogP contribution in [0.3, 0.4) is 0 Å². The van der Waals surface area contributed by atoms with E-state index in [1.54, 1.807) is 6.07 Å². The zero-order chi connectivity index (χ0) is 14.7. The van der Waals surface area contributed by atoms with Crippen LogP contribution in [0.25, 0.3) is 0 Å². The van der Waals surface area contributed by atoms with Gasteiger partial charge in [0.25, 0.3) is 5.91 Å². The van der Waals surface area contributed by atoms with Gasteiger partial charge in [-0.05, 0) is 12.1 Å². The van der Waals surface area contributed by atoms with Gasteiger partial charge in [-0.2, -0.15) is 0 Å². The molecule has 1 aliphatic heterocycles. The Balaban J connectivity index is 2.18. The van der Waals surface area contributed by atoms with Gasteiger partial charge in [0.1, 0.15) is 13.2 Å². The van der Waals surface area contributed by atoms with E-state index in [-0.39, 0.29) is 18.9 Å². The average molecular weight is 300 g/mol. The minimum Gasteiger partial charge on any atom is -0.486 e. The molecular weight excluding hydrogens is 286 g/mol. The zero-order valence-electron chi connectivity index (χ0n) is 10.9. The van der Waals surface area contributed by atoms with E-state index in [9.17, 15) is 9.59 Å². The van der Waals surface area contributed by atoms with Crippen LogP contribution in [-0.4, -0.2) is 48.7 Å². The molecule has 6 nitrogen and oxygen atoms in total. The quantitative estimate of drug-likeness (QED) is 0.915. The second-order valence-electron chi connectivity index (χ2n) is 4.35. The van der Waals surface area contributed by atoms with Crippen LogP contribution in [0.2, 0.25) is 5.02 Å². The van der Waals surface area contributed by atoms with Gasteiger partial charge in [-0.3, -0.25) is 9.59 Å². The van der Waals surface area contributed by atoms with E-state index in [1.807, 2.05) is 0 Å². The van der Waals surface area contributed by atoms with Crippen molar-refractivity contribution in [2.75, 3.05) is 26.8 Å². The highest BCUT2D eigenvalue weighted by molar-refractivity contribution is 6.32. The first-order valence-corrected chi connectivity index (χ1v) is 6.43. The molecule has 1 aliphatic rings. The van der Waals surface area contributed by atoms with Crippen LogP contribution in [0.1, 0.15) is 16.8 Å². The molecule has 1 heterocycles. The molecule has 108 valence electrons. The largest absolute Gasteiger partial charge is 0.486 e. The number of aliphatic carboxylic acids is 1. The Labute approximate surface area is 120 Å². The van der Waals surface area contributed by atoms with E-state index < -0.39 is 5.97 Å². The Bertz CT molecular complexity index is 546. The highest BCUT2D eigenvalue weighted by Crippen LogP contribution is 2.38. The van der Waals surface area contributed by atoms with Crippen molar-refractivity contribution in [3.05, 3.63) is 22.7 Å². The topological polar surface area (TPSA) is 76.1 Å². The number of halogens is 1. The van der Waals surface area contributed by atoms with Crippen molar-refractivity contribution < 1.29 is 24.2 Å². The summed E-state index contributed by atoms with van der Waals surface area (Å²) in [4.78, 5) is 24.0. The maximum atomic E-state index is 12.2. The van der Waals surface area contributed by atoms with Crippen LogP contribution in [0.5, 0.6) is 11.5 Å². The van der Waals surface area contributed by atoms with Gasteiger partial charge in [0.05, 0.1) is 11.4 Å². The van der Waals surface area contributed by atoms with Gasteiger partial charge in [0.15, 0.2) is 11.5 Å². The molecule has 0 fully saturated rings. The van der Waals surface area contributed by atoms with Crippen LogP contribution in [0.4, 0.5) is 0 Å². The molecule has 1 aromatic rings. The molecular formula is C13H14ClNO5. The summed E-state index contributed by atoms with van der Waals surface area (Å²) < 4.78 is 10.8. The number of carbonyl (C=O) groups is 2. The fourth-order valence-electron chi connectivity index (χ4n) is 1.82. The molecule has 0 radical (unpaired) electrons. The van der Waals surface area contributed by atoms with Crippen molar-refractivity contribution in [2.45, 2.75) is 6.42 Å². The van der Waals surface area contributed by atoms with Crippen molar-refractivity contribution in [2.24, 2.45) is 0 Å². The lowest BCUT2D eigenvalue weighted by Crippen LogP contribution is -2.29. The fourth-order valence-corrected chi connectivity index (χ4v) is 2.08. The highest BCUT2D eigenvalue weighted by atomic mass is 35.5. The number of nitrogens with zero attached hydrogens (tertiary/aromatic N) is 1. The maximum Gasteiger partial charge on any atom is 0.305 e. The van der Waals surface area contributed by atoms with Crippen molar-refractivity contribution in [1.82, 2.24) is 4.90 Å². The number of carboxylic acids is 1. The summed E-state index contributed by atoms with van der Waals surface area (Å²) in [6.07, 6.45) is -0.111. The number of rotatable bonds is 4. The maximum absolute atomic E-state index is 12.2. The first-order chi connectivity index (χ1) is 9.49. The van der Waals surface area contributed by atoms with Crippen LogP contribution >= 0.6 is 11.6 Å². The molecule has 0 bridgehead atoms. The SMILES string of the molecule is CN(CCC(=O)O)C(=O)c1cc(Cl)c2c(c1)OCCO2. The molecule has 1 aromatic carbocycles. The second kappa shape index (κ2) is 6.00. The molecule has 20 heavy (non-hydrogen) atoms. The number of ether oxygens (including phenoxy) is 2. The number of carbonyl (C=O) groups excluding carboxylic acids is 1. The minimum absolute atomic E-state index is 0.111. The van der Waals surface area contributed by atoms with Gasteiger partial charge >= 0.3 is 5.97 Å². The molecule has 0 saturated carbocycles. The first-order valence-electron chi connectivity index (χ1n) is 6.05. The van der Waals surface area contributed by atoms with Gasteiger partial charge in [-0.25, -0.2) is 0 Å². The van der Waals surface area contributed by atoms with E-state index in [4.69, 9.17) is 26.2 Å². The summed E-state index contributed by atoms with van der Waals surface area (Å²) in [6, 6.07) is 3.05. The number of amides is 1. The number of carboxylic acid groups (broad SMARTS) is 1. The summed E-state index contributed by atoms with van der Waals surface area (Å²) in [5.74, 6) is -0.406. The average Bonchev–Trinajstić information content (AvgIpc) is 2.43. The van der Waals surface area contributed by atoms with Crippen molar-refractivity contribution in [3.8, 4) is 11.5 Å². The number of benzene rings is 1. The van der Waals surface area contributed by atoms with Crippen molar-refractivity contribution in [1.29, 1.82) is 0 Å². The lowest BCUT2D eigenvalue weighted by molar-refractivity contribution is -0.137. The van der Waals surface area contributed by atoms with Gasteiger partial charge in [-0.1, -0.05) is 11.6 Å². The lowest BCUT2D eigenvalue weighted by Gasteiger charge is -2.21. The lowest BCUT2D eigenvalue weighted by atomic mass is 10.1. The summed E-state index contributed by atoms with van der Waals surface area (Å²) >= 11 is 6.05. The van der Waals surface area contributed by atoms with Crippen LogP contribution in [0.15, 0.2) is 12.1 Å². The Morgan fingerprint density at radius 2 is 2.05 bits per heavy atom. The van der Waals surface area contributed by atoms with Crippen LogP contribution in [0, 0.1) is 0 Å².